The van der Waals surface area contributed by atoms with Crippen LogP contribution in [0.4, 0.5) is 10.1 Å². The molecule has 0 amide bonds. The highest BCUT2D eigenvalue weighted by Gasteiger charge is 2.03. The van der Waals surface area contributed by atoms with Crippen molar-refractivity contribution >= 4 is 37.5 Å². The molecule has 0 atom stereocenters. The van der Waals surface area contributed by atoms with Crippen molar-refractivity contribution in [1.29, 1.82) is 0 Å². The molecule has 0 aliphatic carbocycles. The van der Waals surface area contributed by atoms with Crippen LogP contribution in [0.2, 0.25) is 0 Å². The van der Waals surface area contributed by atoms with Gasteiger partial charge in [-0.25, -0.2) is 4.98 Å². The molecule has 0 aliphatic rings. The third-order valence-corrected chi connectivity index (χ3v) is 2.19. The molecule has 10 heavy (non-hydrogen) atoms. The third-order valence-electron chi connectivity index (χ3n) is 0.930. The van der Waals surface area contributed by atoms with Gasteiger partial charge in [0.05, 0.1) is 5.69 Å². The second-order valence-corrected chi connectivity index (χ2v) is 3.24. The molecule has 0 saturated carbocycles. The van der Waals surface area contributed by atoms with Gasteiger partial charge in [0.2, 0.25) is 5.95 Å². The lowest BCUT2D eigenvalue weighted by Gasteiger charge is -1.98. The van der Waals surface area contributed by atoms with Crippen molar-refractivity contribution in [2.45, 2.75) is 0 Å². The summed E-state index contributed by atoms with van der Waals surface area (Å²) in [5, 5.41) is 0. The van der Waals surface area contributed by atoms with Crippen LogP contribution in [0.15, 0.2) is 15.1 Å². The van der Waals surface area contributed by atoms with Crippen molar-refractivity contribution in [1.82, 2.24) is 4.98 Å². The highest BCUT2D eigenvalue weighted by Crippen LogP contribution is 2.25. The topological polar surface area (TPSA) is 38.9 Å². The van der Waals surface area contributed by atoms with Crippen molar-refractivity contribution in [2.75, 3.05) is 5.73 Å². The Balaban J connectivity index is 3.31. The van der Waals surface area contributed by atoms with Gasteiger partial charge in [0.1, 0.15) is 4.60 Å². The van der Waals surface area contributed by atoms with E-state index >= 15 is 0 Å². The monoisotopic (exact) mass is 268 g/mol. The molecule has 0 saturated heterocycles. The van der Waals surface area contributed by atoms with Gasteiger partial charge in [-0.2, -0.15) is 4.39 Å². The first-order valence-corrected chi connectivity index (χ1v) is 3.97. The number of aromatic nitrogens is 1. The molecule has 0 aliphatic heterocycles. The second kappa shape index (κ2) is 2.84. The molecule has 0 fully saturated rings. The Bertz CT molecular complexity index is 241. The van der Waals surface area contributed by atoms with Crippen LogP contribution >= 0.6 is 31.9 Å². The fourth-order valence-electron chi connectivity index (χ4n) is 0.467. The molecule has 0 aromatic carbocycles. The van der Waals surface area contributed by atoms with Crippen LogP contribution in [0.3, 0.4) is 0 Å². The lowest BCUT2D eigenvalue weighted by atomic mass is 10.4. The van der Waals surface area contributed by atoms with Crippen LogP contribution in [0.1, 0.15) is 0 Å². The number of nitrogens with zero attached hydrogens (tertiary/aromatic N) is 1. The Morgan fingerprint density at radius 3 is 2.60 bits per heavy atom. The first-order valence-electron chi connectivity index (χ1n) is 2.38. The number of pyridine rings is 1. The first-order chi connectivity index (χ1) is 4.61. The zero-order valence-electron chi connectivity index (χ0n) is 4.74. The first kappa shape index (κ1) is 7.94. The van der Waals surface area contributed by atoms with Crippen LogP contribution in [-0.4, -0.2) is 4.98 Å². The summed E-state index contributed by atoms with van der Waals surface area (Å²) in [5.41, 5.74) is 5.83. The van der Waals surface area contributed by atoms with Gasteiger partial charge in [0.15, 0.2) is 0 Å². The van der Waals surface area contributed by atoms with Crippen molar-refractivity contribution in [3.05, 3.63) is 21.1 Å². The maximum atomic E-state index is 12.4. The highest BCUT2D eigenvalue weighted by atomic mass is 79.9. The van der Waals surface area contributed by atoms with Gasteiger partial charge in [-0.15, -0.1) is 0 Å². The molecule has 1 aromatic rings. The molecule has 2 N–H and O–H groups in total. The Morgan fingerprint density at radius 1 is 1.50 bits per heavy atom. The standard InChI is InChI=1S/C5H3Br2FN2/c6-2-1-3(8)10-5(7)4(2)9/h1H,9H2. The molecule has 54 valence electrons. The van der Waals surface area contributed by atoms with Crippen LogP contribution in [0, 0.1) is 5.95 Å². The summed E-state index contributed by atoms with van der Waals surface area (Å²) in [5.74, 6) is -0.562. The molecule has 0 bridgehead atoms. The number of nitrogen functional groups attached to an aromatic ring is 1. The van der Waals surface area contributed by atoms with E-state index in [0.717, 1.165) is 0 Å². The number of halogens is 3. The Hall–Kier alpha value is -0.160. The van der Waals surface area contributed by atoms with Crippen LogP contribution in [0.5, 0.6) is 0 Å². The summed E-state index contributed by atoms with van der Waals surface area (Å²) in [6.45, 7) is 0. The van der Waals surface area contributed by atoms with E-state index in [1.165, 1.54) is 6.07 Å². The molecule has 0 spiro atoms. The van der Waals surface area contributed by atoms with Crippen molar-refractivity contribution in [3.8, 4) is 0 Å². The Labute approximate surface area is 73.9 Å². The summed E-state index contributed by atoms with van der Waals surface area (Å²) in [6, 6.07) is 1.21. The summed E-state index contributed by atoms with van der Waals surface area (Å²) in [6.07, 6.45) is 0. The fourth-order valence-corrected chi connectivity index (χ4v) is 1.49. The predicted molar refractivity (Wildman–Crippen MR) is 44.0 cm³/mol. The quantitative estimate of drug-likeness (QED) is 0.735. The van der Waals surface area contributed by atoms with E-state index in [0.29, 0.717) is 14.8 Å². The maximum Gasteiger partial charge on any atom is 0.215 e. The van der Waals surface area contributed by atoms with Crippen molar-refractivity contribution in [2.24, 2.45) is 0 Å². The van der Waals surface area contributed by atoms with Crippen LogP contribution < -0.4 is 5.73 Å². The zero-order valence-corrected chi connectivity index (χ0v) is 7.91. The summed E-state index contributed by atoms with van der Waals surface area (Å²) < 4.78 is 13.2. The number of hydrogen-bond donors (Lipinski definition) is 1. The van der Waals surface area contributed by atoms with Crippen LogP contribution in [0.25, 0.3) is 0 Å². The van der Waals surface area contributed by atoms with Gasteiger partial charge in [-0.05, 0) is 31.9 Å². The van der Waals surface area contributed by atoms with Gasteiger partial charge in [0, 0.05) is 10.5 Å². The van der Waals surface area contributed by atoms with E-state index in [1.54, 1.807) is 0 Å². The maximum absolute atomic E-state index is 12.4. The smallest absolute Gasteiger partial charge is 0.215 e. The molecule has 1 rings (SSSR count). The van der Waals surface area contributed by atoms with Gasteiger partial charge in [-0.3, -0.25) is 0 Å². The fraction of sp³-hybridized carbons (Fsp3) is 0. The minimum absolute atomic E-state index is 0.319. The van der Waals surface area contributed by atoms with Gasteiger partial charge >= 0.3 is 0 Å². The normalized spacial score (nSPS) is 9.90. The van der Waals surface area contributed by atoms with Crippen molar-refractivity contribution < 1.29 is 4.39 Å². The number of anilines is 1. The minimum atomic E-state index is -0.562. The summed E-state index contributed by atoms with van der Waals surface area (Å²) in [7, 11) is 0. The summed E-state index contributed by atoms with van der Waals surface area (Å²) >= 11 is 6.05. The van der Waals surface area contributed by atoms with E-state index in [9.17, 15) is 4.39 Å². The average molecular weight is 270 g/mol. The second-order valence-electron chi connectivity index (χ2n) is 1.63. The van der Waals surface area contributed by atoms with Gasteiger partial charge in [0.25, 0.3) is 0 Å². The van der Waals surface area contributed by atoms with Gasteiger partial charge < -0.3 is 5.73 Å². The molecule has 0 unspecified atom stereocenters. The van der Waals surface area contributed by atoms with Crippen molar-refractivity contribution in [3.63, 3.8) is 0 Å². The highest BCUT2D eigenvalue weighted by molar-refractivity contribution is 9.11. The molecular weight excluding hydrogens is 267 g/mol. The number of rotatable bonds is 0. The molecule has 0 radical (unpaired) electrons. The minimum Gasteiger partial charge on any atom is -0.396 e. The Morgan fingerprint density at radius 2 is 2.10 bits per heavy atom. The van der Waals surface area contributed by atoms with E-state index < -0.39 is 5.95 Å². The third kappa shape index (κ3) is 1.46. The molecule has 2 nitrogen and oxygen atoms in total. The lowest BCUT2D eigenvalue weighted by Crippen LogP contribution is -1.93. The molecule has 1 heterocycles. The largest absolute Gasteiger partial charge is 0.396 e. The van der Waals surface area contributed by atoms with Gasteiger partial charge in [-0.1, -0.05) is 0 Å². The van der Waals surface area contributed by atoms with E-state index in [1.807, 2.05) is 0 Å². The Kier molecular flexibility index (Phi) is 2.25. The van der Waals surface area contributed by atoms with Crippen LogP contribution in [-0.2, 0) is 0 Å². The molecule has 1 aromatic heterocycles. The van der Waals surface area contributed by atoms with E-state index in [-0.39, 0.29) is 0 Å². The van der Waals surface area contributed by atoms with E-state index in [4.69, 9.17) is 5.73 Å². The molecular formula is C5H3Br2FN2. The average Bonchev–Trinajstić information content (AvgIpc) is 1.82. The van der Waals surface area contributed by atoms with E-state index in [2.05, 4.69) is 36.8 Å². The summed E-state index contributed by atoms with van der Waals surface area (Å²) in [4.78, 5) is 3.43. The SMILES string of the molecule is Nc1c(Br)cc(F)nc1Br. The lowest BCUT2D eigenvalue weighted by molar-refractivity contribution is 0.580. The predicted octanol–water partition coefficient (Wildman–Crippen LogP) is 2.33. The molecule has 5 heteroatoms. The zero-order chi connectivity index (χ0) is 7.72. The number of nitrogens with two attached hydrogens (primary N) is 1. The number of hydrogen-bond acceptors (Lipinski definition) is 2.